The summed E-state index contributed by atoms with van der Waals surface area (Å²) in [5, 5.41) is 1.10. The van der Waals surface area contributed by atoms with Crippen molar-refractivity contribution in [3.63, 3.8) is 0 Å². The monoisotopic (exact) mass is 282 g/mol. The lowest BCUT2D eigenvalue weighted by atomic mass is 10.0. The van der Waals surface area contributed by atoms with Gasteiger partial charge in [0.2, 0.25) is 0 Å². The van der Waals surface area contributed by atoms with Gasteiger partial charge in [-0.2, -0.15) is 0 Å². The SMILES string of the molecule is COC(=O)c1sc2ccccc2c1-c1ccc(C)cc1. The van der Waals surface area contributed by atoms with Crippen molar-refractivity contribution in [3.05, 3.63) is 59.0 Å². The number of benzene rings is 2. The smallest absolute Gasteiger partial charge is 0.348 e. The molecule has 1 heterocycles. The third-order valence-electron chi connectivity index (χ3n) is 3.31. The van der Waals surface area contributed by atoms with Crippen molar-refractivity contribution in [2.75, 3.05) is 7.11 Å². The number of ether oxygens (including phenoxy) is 1. The van der Waals surface area contributed by atoms with Gasteiger partial charge in [0.15, 0.2) is 0 Å². The zero-order valence-corrected chi connectivity index (χ0v) is 12.2. The van der Waals surface area contributed by atoms with Gasteiger partial charge in [-0.1, -0.05) is 48.0 Å². The highest BCUT2D eigenvalue weighted by molar-refractivity contribution is 7.21. The number of thiophene rings is 1. The molecule has 3 heteroatoms. The first-order valence-corrected chi connectivity index (χ1v) is 7.19. The van der Waals surface area contributed by atoms with E-state index in [9.17, 15) is 4.79 Å². The molecule has 3 aromatic rings. The second-order valence-corrected chi connectivity index (χ2v) is 5.71. The molecule has 0 radical (unpaired) electrons. The first-order valence-electron chi connectivity index (χ1n) is 6.37. The third-order valence-corrected chi connectivity index (χ3v) is 4.46. The average molecular weight is 282 g/mol. The Morgan fingerprint density at radius 2 is 1.75 bits per heavy atom. The molecule has 0 aliphatic heterocycles. The Kier molecular flexibility index (Phi) is 3.28. The number of hydrogen-bond donors (Lipinski definition) is 0. The molecule has 0 unspecified atom stereocenters. The summed E-state index contributed by atoms with van der Waals surface area (Å²) in [6.45, 7) is 2.05. The Bertz CT molecular complexity index is 769. The predicted octanol–water partition coefficient (Wildman–Crippen LogP) is 4.66. The van der Waals surface area contributed by atoms with E-state index >= 15 is 0 Å². The van der Waals surface area contributed by atoms with Crippen molar-refractivity contribution in [2.24, 2.45) is 0 Å². The largest absolute Gasteiger partial charge is 0.465 e. The molecule has 1 aromatic heterocycles. The third kappa shape index (κ3) is 2.10. The molecule has 0 fully saturated rings. The van der Waals surface area contributed by atoms with Crippen LogP contribution in [0.15, 0.2) is 48.5 Å². The first-order chi connectivity index (χ1) is 9.70. The molecule has 0 aliphatic carbocycles. The Hall–Kier alpha value is -2.13. The van der Waals surface area contributed by atoms with E-state index in [-0.39, 0.29) is 5.97 Å². The van der Waals surface area contributed by atoms with Crippen LogP contribution in [0.1, 0.15) is 15.2 Å². The van der Waals surface area contributed by atoms with Gasteiger partial charge < -0.3 is 4.74 Å². The lowest BCUT2D eigenvalue weighted by molar-refractivity contribution is 0.0607. The van der Waals surface area contributed by atoms with Crippen molar-refractivity contribution < 1.29 is 9.53 Å². The molecule has 0 saturated heterocycles. The zero-order valence-electron chi connectivity index (χ0n) is 11.3. The number of esters is 1. The number of carbonyl (C=O) groups is 1. The summed E-state index contributed by atoms with van der Waals surface area (Å²) in [5.41, 5.74) is 3.22. The molecule has 0 amide bonds. The van der Waals surface area contributed by atoms with Crippen molar-refractivity contribution in [2.45, 2.75) is 6.92 Å². The fourth-order valence-electron chi connectivity index (χ4n) is 2.29. The van der Waals surface area contributed by atoms with Gasteiger partial charge in [-0.15, -0.1) is 11.3 Å². The van der Waals surface area contributed by atoms with E-state index in [1.807, 2.05) is 24.3 Å². The van der Waals surface area contributed by atoms with Crippen LogP contribution >= 0.6 is 11.3 Å². The molecule has 100 valence electrons. The maximum absolute atomic E-state index is 12.0. The standard InChI is InChI=1S/C17H14O2S/c1-11-7-9-12(10-8-11)15-13-5-3-4-6-14(13)20-16(15)17(18)19-2/h3-10H,1-2H3. The summed E-state index contributed by atoms with van der Waals surface area (Å²) in [5.74, 6) is -0.276. The number of rotatable bonds is 2. The quantitative estimate of drug-likeness (QED) is 0.639. The maximum Gasteiger partial charge on any atom is 0.348 e. The highest BCUT2D eigenvalue weighted by atomic mass is 32.1. The Morgan fingerprint density at radius 3 is 2.45 bits per heavy atom. The molecule has 0 bridgehead atoms. The van der Waals surface area contributed by atoms with E-state index in [4.69, 9.17) is 4.74 Å². The van der Waals surface area contributed by atoms with Crippen LogP contribution in [0.5, 0.6) is 0 Å². The van der Waals surface area contributed by atoms with E-state index in [0.717, 1.165) is 21.2 Å². The minimum absolute atomic E-state index is 0.276. The van der Waals surface area contributed by atoms with E-state index in [1.54, 1.807) is 0 Å². The molecule has 0 atom stereocenters. The van der Waals surface area contributed by atoms with E-state index in [2.05, 4.69) is 31.2 Å². The van der Waals surface area contributed by atoms with Crippen molar-refractivity contribution in [1.29, 1.82) is 0 Å². The molecule has 0 spiro atoms. The van der Waals surface area contributed by atoms with Crippen LogP contribution in [0.25, 0.3) is 21.2 Å². The number of fused-ring (bicyclic) bond motifs is 1. The van der Waals surface area contributed by atoms with Crippen LogP contribution in [0.2, 0.25) is 0 Å². The van der Waals surface area contributed by atoms with Crippen molar-refractivity contribution >= 4 is 27.4 Å². The average Bonchev–Trinajstić information content (AvgIpc) is 2.87. The lowest BCUT2D eigenvalue weighted by Crippen LogP contribution is -1.99. The molecule has 0 aliphatic rings. The second kappa shape index (κ2) is 5.10. The molecular formula is C17H14O2S. The zero-order chi connectivity index (χ0) is 14.1. The summed E-state index contributed by atoms with van der Waals surface area (Å²) in [4.78, 5) is 12.7. The Morgan fingerprint density at radius 1 is 1.05 bits per heavy atom. The first kappa shape index (κ1) is 12.9. The highest BCUT2D eigenvalue weighted by Crippen LogP contribution is 2.39. The molecule has 3 rings (SSSR count). The van der Waals surface area contributed by atoms with Gasteiger partial charge in [0, 0.05) is 15.6 Å². The van der Waals surface area contributed by atoms with Crippen LogP contribution in [-0.2, 0) is 4.74 Å². The van der Waals surface area contributed by atoms with Gasteiger partial charge in [-0.3, -0.25) is 0 Å². The molecule has 20 heavy (non-hydrogen) atoms. The number of hydrogen-bond acceptors (Lipinski definition) is 3. The number of methoxy groups -OCH3 is 1. The van der Waals surface area contributed by atoms with Crippen LogP contribution in [0.3, 0.4) is 0 Å². The Balaban J connectivity index is 2.31. The molecule has 2 nitrogen and oxygen atoms in total. The minimum Gasteiger partial charge on any atom is -0.465 e. The fraction of sp³-hybridized carbons (Fsp3) is 0.118. The second-order valence-electron chi connectivity index (χ2n) is 4.66. The lowest BCUT2D eigenvalue weighted by Gasteiger charge is -2.04. The molecular weight excluding hydrogens is 268 g/mol. The van der Waals surface area contributed by atoms with Crippen LogP contribution in [0.4, 0.5) is 0 Å². The van der Waals surface area contributed by atoms with Crippen LogP contribution in [0, 0.1) is 6.92 Å². The number of aryl methyl sites for hydroxylation is 1. The summed E-state index contributed by atoms with van der Waals surface area (Å²) in [6, 6.07) is 16.3. The van der Waals surface area contributed by atoms with Gasteiger partial charge in [0.1, 0.15) is 4.88 Å². The summed E-state index contributed by atoms with van der Waals surface area (Å²) in [6.07, 6.45) is 0. The van der Waals surface area contributed by atoms with Crippen molar-refractivity contribution in [3.8, 4) is 11.1 Å². The van der Waals surface area contributed by atoms with Crippen LogP contribution in [-0.4, -0.2) is 13.1 Å². The van der Waals surface area contributed by atoms with Crippen LogP contribution < -0.4 is 0 Å². The highest BCUT2D eigenvalue weighted by Gasteiger charge is 2.19. The normalized spacial score (nSPS) is 10.7. The fourth-order valence-corrected chi connectivity index (χ4v) is 3.43. The number of carbonyl (C=O) groups excluding carboxylic acids is 1. The van der Waals surface area contributed by atoms with Gasteiger partial charge in [-0.05, 0) is 18.6 Å². The summed E-state index contributed by atoms with van der Waals surface area (Å²) in [7, 11) is 1.42. The van der Waals surface area contributed by atoms with Gasteiger partial charge in [-0.25, -0.2) is 4.79 Å². The van der Waals surface area contributed by atoms with E-state index in [1.165, 1.54) is 24.0 Å². The van der Waals surface area contributed by atoms with Gasteiger partial charge in [0.05, 0.1) is 7.11 Å². The van der Waals surface area contributed by atoms with Crippen molar-refractivity contribution in [1.82, 2.24) is 0 Å². The molecule has 0 N–H and O–H groups in total. The van der Waals surface area contributed by atoms with Gasteiger partial charge in [0.25, 0.3) is 0 Å². The maximum atomic E-state index is 12.0. The summed E-state index contributed by atoms with van der Waals surface area (Å²) >= 11 is 1.48. The van der Waals surface area contributed by atoms with E-state index < -0.39 is 0 Å². The summed E-state index contributed by atoms with van der Waals surface area (Å²) < 4.78 is 6.02. The minimum atomic E-state index is -0.276. The van der Waals surface area contributed by atoms with Gasteiger partial charge >= 0.3 is 5.97 Å². The molecule has 0 saturated carbocycles. The molecule has 2 aromatic carbocycles. The van der Waals surface area contributed by atoms with E-state index in [0.29, 0.717) is 4.88 Å². The Labute approximate surface area is 121 Å². The topological polar surface area (TPSA) is 26.3 Å². The predicted molar refractivity (Wildman–Crippen MR) is 83.3 cm³/mol.